The molecule has 23 heavy (non-hydrogen) atoms. The molecule has 1 saturated carbocycles. The van der Waals surface area contributed by atoms with E-state index in [9.17, 15) is 20.1 Å². The minimum absolute atomic E-state index is 0.0248. The molecule has 5 atom stereocenters. The molecule has 0 radical (unpaired) electrons. The zero-order valence-electron chi connectivity index (χ0n) is 13.8. The molecule has 0 amide bonds. The number of aliphatic hydroxyl groups is 3. The summed E-state index contributed by atoms with van der Waals surface area (Å²) in [5, 5.41) is 38.7. The molecule has 0 saturated heterocycles. The van der Waals surface area contributed by atoms with Crippen LogP contribution in [0, 0.1) is 11.8 Å². The molecular weight excluding hydrogens is 296 g/mol. The van der Waals surface area contributed by atoms with Crippen LogP contribution in [0.2, 0.25) is 0 Å². The van der Waals surface area contributed by atoms with Crippen molar-refractivity contribution in [3.05, 3.63) is 24.3 Å². The van der Waals surface area contributed by atoms with Gasteiger partial charge in [-0.15, -0.1) is 0 Å². The highest BCUT2D eigenvalue weighted by Crippen LogP contribution is 2.36. The maximum Gasteiger partial charge on any atom is 0.303 e. The summed E-state index contributed by atoms with van der Waals surface area (Å²) < 4.78 is 0. The largest absolute Gasteiger partial charge is 0.481 e. The smallest absolute Gasteiger partial charge is 0.303 e. The maximum absolute atomic E-state index is 10.4. The molecule has 0 aliphatic heterocycles. The molecule has 0 aromatic heterocycles. The van der Waals surface area contributed by atoms with Crippen LogP contribution in [0.5, 0.6) is 0 Å². The SMILES string of the molecule is CC/C=C\C[C@@H]1[C@H](/C=C/[C@H](O)CCCCC(=O)O)[C@@H](O)C[C@H]1O. The summed E-state index contributed by atoms with van der Waals surface area (Å²) >= 11 is 0. The first-order valence-corrected chi connectivity index (χ1v) is 8.55. The van der Waals surface area contributed by atoms with Gasteiger partial charge in [-0.3, -0.25) is 4.79 Å². The van der Waals surface area contributed by atoms with Crippen LogP contribution in [-0.4, -0.2) is 44.7 Å². The minimum atomic E-state index is -0.818. The molecule has 0 aromatic rings. The van der Waals surface area contributed by atoms with E-state index in [-0.39, 0.29) is 18.3 Å². The molecule has 0 aromatic carbocycles. The Hall–Kier alpha value is -1.17. The Balaban J connectivity index is 2.47. The van der Waals surface area contributed by atoms with Crippen molar-refractivity contribution in [1.29, 1.82) is 0 Å². The average Bonchev–Trinajstić information content (AvgIpc) is 2.75. The zero-order chi connectivity index (χ0) is 17.2. The average molecular weight is 326 g/mol. The first-order chi connectivity index (χ1) is 11.0. The van der Waals surface area contributed by atoms with Crippen molar-refractivity contribution in [2.24, 2.45) is 11.8 Å². The van der Waals surface area contributed by atoms with Crippen molar-refractivity contribution >= 4 is 5.97 Å². The van der Waals surface area contributed by atoms with E-state index in [4.69, 9.17) is 5.11 Å². The van der Waals surface area contributed by atoms with Crippen LogP contribution < -0.4 is 0 Å². The number of carbonyl (C=O) groups is 1. The Morgan fingerprint density at radius 1 is 1.22 bits per heavy atom. The summed E-state index contributed by atoms with van der Waals surface area (Å²) in [6, 6.07) is 0. The fourth-order valence-electron chi connectivity index (χ4n) is 3.11. The number of hydrogen-bond donors (Lipinski definition) is 4. The van der Waals surface area contributed by atoms with Crippen molar-refractivity contribution in [2.75, 3.05) is 0 Å². The predicted octanol–water partition coefficient (Wildman–Crippen LogP) is 2.26. The molecule has 0 unspecified atom stereocenters. The zero-order valence-corrected chi connectivity index (χ0v) is 13.8. The molecule has 0 bridgehead atoms. The van der Waals surface area contributed by atoms with Crippen molar-refractivity contribution < 1.29 is 25.2 Å². The van der Waals surface area contributed by atoms with Gasteiger partial charge in [-0.25, -0.2) is 0 Å². The van der Waals surface area contributed by atoms with Gasteiger partial charge in [-0.2, -0.15) is 0 Å². The molecule has 1 fully saturated rings. The van der Waals surface area contributed by atoms with Gasteiger partial charge in [0.25, 0.3) is 0 Å². The number of unbranched alkanes of at least 4 members (excludes halogenated alkanes) is 1. The molecular formula is C18H30O5. The summed E-state index contributed by atoms with van der Waals surface area (Å²) in [5.41, 5.74) is 0. The van der Waals surface area contributed by atoms with Crippen molar-refractivity contribution in [3.63, 3.8) is 0 Å². The van der Waals surface area contributed by atoms with Gasteiger partial charge in [0.2, 0.25) is 0 Å². The summed E-state index contributed by atoms with van der Waals surface area (Å²) in [6.07, 6.45) is 9.69. The fourth-order valence-corrected chi connectivity index (χ4v) is 3.11. The first-order valence-electron chi connectivity index (χ1n) is 8.55. The van der Waals surface area contributed by atoms with Gasteiger partial charge in [0.05, 0.1) is 18.3 Å². The molecule has 5 nitrogen and oxygen atoms in total. The number of carboxylic acid groups (broad SMARTS) is 1. The molecule has 1 rings (SSSR count). The van der Waals surface area contributed by atoms with Gasteiger partial charge in [0.1, 0.15) is 0 Å². The third-order valence-electron chi connectivity index (χ3n) is 4.42. The summed E-state index contributed by atoms with van der Waals surface area (Å²) in [7, 11) is 0. The van der Waals surface area contributed by atoms with Crippen LogP contribution in [0.1, 0.15) is 51.9 Å². The second kappa shape index (κ2) is 10.6. The topological polar surface area (TPSA) is 98.0 Å². The van der Waals surface area contributed by atoms with E-state index in [1.54, 1.807) is 6.08 Å². The van der Waals surface area contributed by atoms with E-state index < -0.39 is 24.3 Å². The molecule has 1 aliphatic carbocycles. The number of aliphatic carboxylic acids is 1. The second-order valence-corrected chi connectivity index (χ2v) is 6.32. The third-order valence-corrected chi connectivity index (χ3v) is 4.42. The minimum Gasteiger partial charge on any atom is -0.481 e. The Morgan fingerprint density at radius 3 is 2.61 bits per heavy atom. The quantitative estimate of drug-likeness (QED) is 0.365. The van der Waals surface area contributed by atoms with Gasteiger partial charge >= 0.3 is 5.97 Å². The van der Waals surface area contributed by atoms with Gasteiger partial charge in [0.15, 0.2) is 0 Å². The van der Waals surface area contributed by atoms with E-state index in [1.807, 2.05) is 12.2 Å². The highest BCUT2D eigenvalue weighted by molar-refractivity contribution is 5.66. The van der Waals surface area contributed by atoms with E-state index in [0.29, 0.717) is 25.7 Å². The van der Waals surface area contributed by atoms with Crippen LogP contribution in [0.25, 0.3) is 0 Å². The highest BCUT2D eigenvalue weighted by atomic mass is 16.4. The molecule has 0 spiro atoms. The lowest BCUT2D eigenvalue weighted by Crippen LogP contribution is -2.20. The number of hydrogen-bond acceptors (Lipinski definition) is 4. The summed E-state index contributed by atoms with van der Waals surface area (Å²) in [4.78, 5) is 10.4. The summed E-state index contributed by atoms with van der Waals surface area (Å²) in [5.74, 6) is -0.996. The molecule has 132 valence electrons. The number of allylic oxidation sites excluding steroid dienone is 2. The highest BCUT2D eigenvalue weighted by Gasteiger charge is 2.39. The molecule has 0 heterocycles. The molecule has 5 heteroatoms. The van der Waals surface area contributed by atoms with E-state index >= 15 is 0 Å². The number of carboxylic acids is 1. The Labute approximate surface area is 138 Å². The third kappa shape index (κ3) is 7.29. The van der Waals surface area contributed by atoms with Gasteiger partial charge in [-0.1, -0.05) is 31.2 Å². The number of rotatable bonds is 10. The van der Waals surface area contributed by atoms with Crippen LogP contribution >= 0.6 is 0 Å². The van der Waals surface area contributed by atoms with Gasteiger partial charge in [0, 0.05) is 18.8 Å². The van der Waals surface area contributed by atoms with E-state index in [2.05, 4.69) is 13.0 Å². The first kappa shape index (κ1) is 19.9. The monoisotopic (exact) mass is 326 g/mol. The second-order valence-electron chi connectivity index (χ2n) is 6.32. The summed E-state index contributed by atoms with van der Waals surface area (Å²) in [6.45, 7) is 2.05. The normalized spacial score (nSPS) is 29.6. The lowest BCUT2D eigenvalue weighted by molar-refractivity contribution is -0.137. The van der Waals surface area contributed by atoms with E-state index in [1.165, 1.54) is 0 Å². The van der Waals surface area contributed by atoms with Crippen LogP contribution in [0.3, 0.4) is 0 Å². The van der Waals surface area contributed by atoms with Crippen LogP contribution in [0.15, 0.2) is 24.3 Å². The van der Waals surface area contributed by atoms with Crippen LogP contribution in [-0.2, 0) is 4.79 Å². The lowest BCUT2D eigenvalue weighted by atomic mass is 9.89. The fraction of sp³-hybridized carbons (Fsp3) is 0.722. The van der Waals surface area contributed by atoms with Gasteiger partial charge < -0.3 is 20.4 Å². The van der Waals surface area contributed by atoms with Crippen molar-refractivity contribution in [1.82, 2.24) is 0 Å². The predicted molar refractivity (Wildman–Crippen MR) is 88.9 cm³/mol. The Kier molecular flexibility index (Phi) is 9.14. The van der Waals surface area contributed by atoms with Crippen LogP contribution in [0.4, 0.5) is 0 Å². The number of aliphatic hydroxyl groups excluding tert-OH is 3. The Morgan fingerprint density at radius 2 is 1.96 bits per heavy atom. The standard InChI is InChI=1S/C18H30O5/c1-2-3-4-8-14-15(17(21)12-16(14)20)11-10-13(19)7-5-6-9-18(22)23/h3-4,10-11,13-17,19-21H,2,5-9,12H2,1H3,(H,22,23)/b4-3-,11-10+/t13-,14-,15+,16-,17+/m1/s1. The van der Waals surface area contributed by atoms with Gasteiger partial charge in [-0.05, 0) is 38.0 Å². The Bertz CT molecular complexity index is 404. The van der Waals surface area contributed by atoms with E-state index in [0.717, 1.165) is 12.8 Å². The maximum atomic E-state index is 10.4. The van der Waals surface area contributed by atoms with Crippen molar-refractivity contribution in [3.8, 4) is 0 Å². The molecule has 1 aliphatic rings. The van der Waals surface area contributed by atoms with Crippen molar-refractivity contribution in [2.45, 2.75) is 70.2 Å². The lowest BCUT2D eigenvalue weighted by Gasteiger charge is -2.19. The molecule has 4 N–H and O–H groups in total.